The Morgan fingerprint density at radius 3 is 2.00 bits per heavy atom. The highest BCUT2D eigenvalue weighted by Gasteiger charge is 2.17. The van der Waals surface area contributed by atoms with Gasteiger partial charge >= 0.3 is 0 Å². The van der Waals surface area contributed by atoms with Crippen LogP contribution in [-0.4, -0.2) is 13.0 Å². The molecule has 5 nitrogen and oxygen atoms in total. The van der Waals surface area contributed by atoms with Gasteiger partial charge in [0.25, 0.3) is 10.1 Å². The second kappa shape index (κ2) is 5.36. The first-order valence-corrected chi connectivity index (χ1v) is 7.23. The first kappa shape index (κ1) is 14.1. The maximum absolute atomic E-state index is 11.4. The molecule has 2 rings (SSSR count). The molecule has 0 radical (unpaired) electrons. The summed E-state index contributed by atoms with van der Waals surface area (Å²) >= 11 is 0. The lowest BCUT2D eigenvalue weighted by Gasteiger charge is -2.11. The Hall–Kier alpha value is -2.31. The van der Waals surface area contributed by atoms with Crippen LogP contribution in [0.5, 0.6) is 0 Å². The topological polar surface area (TPSA) is 106 Å². The van der Waals surface area contributed by atoms with E-state index in [9.17, 15) is 13.0 Å². The second-order valence-corrected chi connectivity index (χ2v) is 5.55. The van der Waals surface area contributed by atoms with Gasteiger partial charge in [-0.2, -0.15) is 8.42 Å². The van der Waals surface area contributed by atoms with Crippen LogP contribution >= 0.6 is 0 Å². The summed E-state index contributed by atoms with van der Waals surface area (Å²) < 4.78 is 31.9. The molecule has 0 aromatic heterocycles. The molecule has 5 N–H and O–H groups in total. The van der Waals surface area contributed by atoms with Crippen molar-refractivity contribution >= 4 is 21.5 Å². The van der Waals surface area contributed by atoms with Gasteiger partial charge in [-0.15, -0.1) is 0 Å². The van der Waals surface area contributed by atoms with Crippen LogP contribution in [0.15, 0.2) is 59.5 Å². The van der Waals surface area contributed by atoms with Crippen molar-refractivity contribution in [2.45, 2.75) is 4.90 Å². The first-order valence-electron chi connectivity index (χ1n) is 5.79. The van der Waals surface area contributed by atoms with E-state index < -0.39 is 10.1 Å². The number of rotatable bonds is 3. The van der Waals surface area contributed by atoms with Crippen molar-refractivity contribution in [2.24, 2.45) is 11.5 Å². The van der Waals surface area contributed by atoms with Crippen molar-refractivity contribution in [1.82, 2.24) is 0 Å². The predicted octanol–water partition coefficient (Wildman–Crippen LogP) is 1.68. The largest absolute Gasteiger partial charge is 0.397 e. The minimum Gasteiger partial charge on any atom is -0.397 e. The molecular formula is C14H14N2O3S. The minimum absolute atomic E-state index is 0.101. The van der Waals surface area contributed by atoms with Crippen molar-refractivity contribution in [3.05, 3.63) is 65.7 Å². The van der Waals surface area contributed by atoms with Crippen LogP contribution in [0.25, 0.3) is 11.4 Å². The van der Waals surface area contributed by atoms with Crippen LogP contribution in [-0.2, 0) is 10.1 Å². The van der Waals surface area contributed by atoms with Crippen molar-refractivity contribution in [3.63, 3.8) is 0 Å². The Labute approximate surface area is 117 Å². The molecule has 0 heterocycles. The van der Waals surface area contributed by atoms with Crippen molar-refractivity contribution in [2.75, 3.05) is 0 Å². The van der Waals surface area contributed by atoms with Gasteiger partial charge in [-0.1, -0.05) is 48.5 Å². The van der Waals surface area contributed by atoms with E-state index in [0.717, 1.165) is 0 Å². The highest BCUT2D eigenvalue weighted by molar-refractivity contribution is 7.86. The van der Waals surface area contributed by atoms with Gasteiger partial charge in [0.05, 0.1) is 11.4 Å². The molecule has 0 spiro atoms. The average molecular weight is 290 g/mol. The van der Waals surface area contributed by atoms with E-state index in [4.69, 9.17) is 11.5 Å². The summed E-state index contributed by atoms with van der Waals surface area (Å²) in [5.41, 5.74) is 13.1. The zero-order valence-electron chi connectivity index (χ0n) is 10.5. The molecule has 0 saturated heterocycles. The van der Waals surface area contributed by atoms with Gasteiger partial charge in [-0.05, 0) is 11.6 Å². The predicted molar refractivity (Wildman–Crippen MR) is 77.9 cm³/mol. The van der Waals surface area contributed by atoms with Crippen LogP contribution in [0.1, 0.15) is 11.1 Å². The lowest BCUT2D eigenvalue weighted by atomic mass is 10.1. The molecule has 20 heavy (non-hydrogen) atoms. The van der Waals surface area contributed by atoms with Crippen molar-refractivity contribution < 1.29 is 13.0 Å². The Morgan fingerprint density at radius 2 is 1.40 bits per heavy atom. The highest BCUT2D eigenvalue weighted by Crippen LogP contribution is 2.24. The summed E-state index contributed by atoms with van der Waals surface area (Å²) in [6, 6.07) is 14.8. The molecule has 104 valence electrons. The molecule has 0 atom stereocenters. The molecule has 0 saturated carbocycles. The number of benzene rings is 2. The Bertz CT molecular complexity index is 753. The third-order valence-electron chi connectivity index (χ3n) is 2.83. The van der Waals surface area contributed by atoms with Crippen LogP contribution < -0.4 is 11.5 Å². The Balaban J connectivity index is 2.63. The summed E-state index contributed by atoms with van der Waals surface area (Å²) in [7, 11) is -4.36. The highest BCUT2D eigenvalue weighted by atomic mass is 32.2. The summed E-state index contributed by atoms with van der Waals surface area (Å²) in [5, 5.41) is 0. The van der Waals surface area contributed by atoms with Crippen LogP contribution in [0.3, 0.4) is 0 Å². The van der Waals surface area contributed by atoms with E-state index in [1.165, 1.54) is 18.2 Å². The fraction of sp³-hybridized carbons (Fsp3) is 0. The second-order valence-electron chi connectivity index (χ2n) is 4.16. The van der Waals surface area contributed by atoms with Gasteiger partial charge in [0.15, 0.2) is 0 Å². The molecule has 6 heteroatoms. The van der Waals surface area contributed by atoms with Gasteiger partial charge in [-0.3, -0.25) is 4.55 Å². The standard InChI is InChI=1S/C14H14N2O3S/c15-13(10-6-2-1-3-7-10)14(16)11-8-4-5-9-12(11)20(17,18)19/h1-9H,15-16H2,(H,17,18,19). The van der Waals surface area contributed by atoms with Crippen molar-refractivity contribution in [1.29, 1.82) is 0 Å². The lowest BCUT2D eigenvalue weighted by Crippen LogP contribution is -2.11. The fourth-order valence-electron chi connectivity index (χ4n) is 1.83. The maximum atomic E-state index is 11.4. The molecule has 2 aromatic carbocycles. The monoisotopic (exact) mass is 290 g/mol. The smallest absolute Gasteiger partial charge is 0.295 e. The van der Waals surface area contributed by atoms with Gasteiger partial charge in [0.2, 0.25) is 0 Å². The zero-order chi connectivity index (χ0) is 14.8. The van der Waals surface area contributed by atoms with E-state index in [1.54, 1.807) is 30.3 Å². The molecule has 0 aliphatic heterocycles. The van der Waals surface area contributed by atoms with Gasteiger partial charge < -0.3 is 11.5 Å². The summed E-state index contributed by atoms with van der Waals surface area (Å²) in [5.74, 6) is 0. The lowest BCUT2D eigenvalue weighted by molar-refractivity contribution is 0.483. The summed E-state index contributed by atoms with van der Waals surface area (Å²) in [6.07, 6.45) is 0. The van der Waals surface area contributed by atoms with E-state index >= 15 is 0 Å². The molecule has 0 aliphatic rings. The first-order chi connectivity index (χ1) is 9.41. The molecule has 0 amide bonds. The quantitative estimate of drug-likeness (QED) is 0.589. The maximum Gasteiger partial charge on any atom is 0.295 e. The molecule has 0 aliphatic carbocycles. The van der Waals surface area contributed by atoms with Crippen molar-refractivity contribution in [3.8, 4) is 0 Å². The zero-order valence-corrected chi connectivity index (χ0v) is 11.3. The van der Waals surface area contributed by atoms with E-state index in [1.807, 2.05) is 6.07 Å². The van der Waals surface area contributed by atoms with Gasteiger partial charge in [0, 0.05) is 5.56 Å². The SMILES string of the molecule is NC(=C(N)c1ccccc1S(=O)(=O)O)c1ccccc1. The van der Waals surface area contributed by atoms with Gasteiger partial charge in [-0.25, -0.2) is 0 Å². The van der Waals surface area contributed by atoms with E-state index in [-0.39, 0.29) is 21.9 Å². The fourth-order valence-corrected chi connectivity index (χ4v) is 2.54. The molecule has 2 aromatic rings. The summed E-state index contributed by atoms with van der Waals surface area (Å²) in [6.45, 7) is 0. The van der Waals surface area contributed by atoms with E-state index in [2.05, 4.69) is 0 Å². The molecule has 0 bridgehead atoms. The van der Waals surface area contributed by atoms with Crippen LogP contribution in [0.2, 0.25) is 0 Å². The molecular weight excluding hydrogens is 276 g/mol. The molecule has 0 fully saturated rings. The number of hydrogen-bond donors (Lipinski definition) is 3. The molecule has 0 unspecified atom stereocenters. The average Bonchev–Trinajstić information content (AvgIpc) is 2.46. The third-order valence-corrected chi connectivity index (χ3v) is 3.74. The van der Waals surface area contributed by atoms with Gasteiger partial charge in [0.1, 0.15) is 4.90 Å². The van der Waals surface area contributed by atoms with Crippen LogP contribution in [0.4, 0.5) is 0 Å². The minimum atomic E-state index is -4.36. The normalized spacial score (nSPS) is 12.8. The number of nitrogens with two attached hydrogens (primary N) is 2. The summed E-state index contributed by atoms with van der Waals surface area (Å²) in [4.78, 5) is -0.267. The number of hydrogen-bond acceptors (Lipinski definition) is 4. The van der Waals surface area contributed by atoms with Crippen LogP contribution in [0, 0.1) is 0 Å². The Kier molecular flexibility index (Phi) is 3.78. The van der Waals surface area contributed by atoms with E-state index in [0.29, 0.717) is 5.56 Å². The Morgan fingerprint density at radius 1 is 0.850 bits per heavy atom. The third kappa shape index (κ3) is 2.81.